The zero-order valence-electron chi connectivity index (χ0n) is 11.3. The molecular weight excluding hydrogens is 286 g/mol. The van der Waals surface area contributed by atoms with Crippen molar-refractivity contribution in [3.63, 3.8) is 0 Å². The summed E-state index contributed by atoms with van der Waals surface area (Å²) >= 11 is 0. The van der Waals surface area contributed by atoms with Crippen LogP contribution in [0.4, 0.5) is 0 Å². The highest BCUT2D eigenvalue weighted by Crippen LogP contribution is 2.20. The van der Waals surface area contributed by atoms with E-state index in [1.807, 2.05) is 13.8 Å². The highest BCUT2D eigenvalue weighted by Gasteiger charge is 2.33. The first-order valence-corrected chi connectivity index (χ1v) is 7.63. The van der Waals surface area contributed by atoms with Gasteiger partial charge in [-0.25, -0.2) is 8.42 Å². The van der Waals surface area contributed by atoms with Crippen molar-refractivity contribution in [1.82, 2.24) is 14.1 Å². The minimum atomic E-state index is -3.67. The fourth-order valence-corrected chi connectivity index (χ4v) is 3.72. The number of rotatable bonds is 4. The van der Waals surface area contributed by atoms with Gasteiger partial charge in [0, 0.05) is 19.3 Å². The molecule has 1 aromatic heterocycles. The van der Waals surface area contributed by atoms with Gasteiger partial charge in [0.2, 0.25) is 10.0 Å². The average Bonchev–Trinajstić information content (AvgIpc) is 2.75. The molecule has 1 fully saturated rings. The summed E-state index contributed by atoms with van der Waals surface area (Å²) in [6.45, 7) is 3.80. The van der Waals surface area contributed by atoms with Crippen molar-refractivity contribution >= 4 is 16.0 Å². The van der Waals surface area contributed by atoms with E-state index in [0.717, 1.165) is 4.68 Å². The molecule has 0 radical (unpaired) electrons. The van der Waals surface area contributed by atoms with Crippen LogP contribution in [0, 0.1) is 0 Å². The number of morpholine rings is 1. The molecule has 20 heavy (non-hydrogen) atoms. The van der Waals surface area contributed by atoms with Gasteiger partial charge in [-0.15, -0.1) is 0 Å². The van der Waals surface area contributed by atoms with Crippen LogP contribution in [0.2, 0.25) is 0 Å². The lowest BCUT2D eigenvalue weighted by atomic mass is 10.3. The summed E-state index contributed by atoms with van der Waals surface area (Å²) in [5.74, 6) is -1.08. The molecule has 2 atom stereocenters. The molecule has 0 aliphatic carbocycles. The SMILES string of the molecule is CC1CN(S(=O)(=O)c2cnn(CC(=O)O)c2)CC(C)O1. The van der Waals surface area contributed by atoms with Crippen LogP contribution in [0.1, 0.15) is 13.8 Å². The van der Waals surface area contributed by atoms with Crippen molar-refractivity contribution in [1.29, 1.82) is 0 Å². The number of aromatic nitrogens is 2. The molecule has 0 saturated carbocycles. The van der Waals surface area contributed by atoms with E-state index in [2.05, 4.69) is 5.10 Å². The minimum absolute atomic E-state index is 0.0000463. The Hall–Kier alpha value is -1.45. The lowest BCUT2D eigenvalue weighted by Gasteiger charge is -2.34. The second-order valence-corrected chi connectivity index (χ2v) is 6.78. The lowest BCUT2D eigenvalue weighted by molar-refractivity contribution is -0.137. The highest BCUT2D eigenvalue weighted by atomic mass is 32.2. The maximum atomic E-state index is 12.4. The van der Waals surface area contributed by atoms with Gasteiger partial charge in [0.1, 0.15) is 11.4 Å². The summed E-state index contributed by atoms with van der Waals surface area (Å²) in [6, 6.07) is 0. The van der Waals surface area contributed by atoms with Gasteiger partial charge in [0.25, 0.3) is 0 Å². The molecule has 1 saturated heterocycles. The third-order valence-corrected chi connectivity index (χ3v) is 4.72. The number of carboxylic acid groups (broad SMARTS) is 1. The van der Waals surface area contributed by atoms with E-state index in [-0.39, 0.29) is 36.7 Å². The average molecular weight is 303 g/mol. The Bertz CT molecular complexity index is 587. The molecule has 0 amide bonds. The van der Waals surface area contributed by atoms with Gasteiger partial charge < -0.3 is 9.84 Å². The second-order valence-electron chi connectivity index (χ2n) is 4.85. The van der Waals surface area contributed by atoms with E-state index in [4.69, 9.17) is 9.84 Å². The number of sulfonamides is 1. The summed E-state index contributed by atoms with van der Waals surface area (Å²) in [6.07, 6.45) is 2.04. The topological polar surface area (TPSA) is 102 Å². The molecule has 0 aromatic carbocycles. The molecular formula is C11H17N3O5S. The van der Waals surface area contributed by atoms with Gasteiger partial charge in [-0.05, 0) is 13.8 Å². The van der Waals surface area contributed by atoms with E-state index >= 15 is 0 Å². The van der Waals surface area contributed by atoms with Gasteiger partial charge in [0.15, 0.2) is 0 Å². The summed E-state index contributed by atoms with van der Waals surface area (Å²) in [7, 11) is -3.67. The lowest BCUT2D eigenvalue weighted by Crippen LogP contribution is -2.48. The standard InChI is InChI=1S/C11H17N3O5S/c1-8-4-14(5-9(2)19-8)20(17,18)10-3-12-13(6-10)7-11(15)16/h3,6,8-9H,4-5,7H2,1-2H3,(H,15,16). The minimum Gasteiger partial charge on any atom is -0.480 e. The highest BCUT2D eigenvalue weighted by molar-refractivity contribution is 7.89. The van der Waals surface area contributed by atoms with E-state index in [0.29, 0.717) is 0 Å². The monoisotopic (exact) mass is 303 g/mol. The molecule has 0 bridgehead atoms. The van der Waals surface area contributed by atoms with Crippen molar-refractivity contribution in [2.45, 2.75) is 37.5 Å². The molecule has 2 unspecified atom stereocenters. The summed E-state index contributed by atoms with van der Waals surface area (Å²) in [5, 5.41) is 12.4. The second kappa shape index (κ2) is 5.51. The number of hydrogen-bond acceptors (Lipinski definition) is 5. The van der Waals surface area contributed by atoms with Crippen molar-refractivity contribution in [2.24, 2.45) is 0 Å². The van der Waals surface area contributed by atoms with Crippen molar-refractivity contribution in [3.8, 4) is 0 Å². The number of hydrogen-bond donors (Lipinski definition) is 1. The van der Waals surface area contributed by atoms with Crippen LogP contribution in [-0.2, 0) is 26.1 Å². The Morgan fingerprint density at radius 1 is 1.45 bits per heavy atom. The summed E-state index contributed by atoms with van der Waals surface area (Å²) in [4.78, 5) is 10.6. The van der Waals surface area contributed by atoms with Crippen LogP contribution in [0.5, 0.6) is 0 Å². The Balaban J connectivity index is 2.21. The molecule has 0 spiro atoms. The van der Waals surface area contributed by atoms with Crippen LogP contribution in [0.15, 0.2) is 17.3 Å². The third kappa shape index (κ3) is 3.17. The van der Waals surface area contributed by atoms with Gasteiger partial charge in [-0.2, -0.15) is 9.40 Å². The van der Waals surface area contributed by atoms with E-state index in [9.17, 15) is 13.2 Å². The Morgan fingerprint density at radius 3 is 2.60 bits per heavy atom. The zero-order chi connectivity index (χ0) is 14.9. The maximum absolute atomic E-state index is 12.4. The molecule has 8 nitrogen and oxygen atoms in total. The van der Waals surface area contributed by atoms with Crippen LogP contribution >= 0.6 is 0 Å². The Labute approximate surface area is 117 Å². The Kier molecular flexibility index (Phi) is 4.11. The third-order valence-electron chi connectivity index (χ3n) is 2.93. The maximum Gasteiger partial charge on any atom is 0.325 e. The van der Waals surface area contributed by atoms with Gasteiger partial charge in [-0.1, -0.05) is 0 Å². The predicted molar refractivity (Wildman–Crippen MR) is 68.6 cm³/mol. The van der Waals surface area contributed by atoms with Gasteiger partial charge >= 0.3 is 5.97 Å². The normalized spacial score (nSPS) is 24.7. The first-order chi connectivity index (χ1) is 9.29. The number of ether oxygens (including phenoxy) is 1. The molecule has 2 rings (SSSR count). The number of carbonyl (C=O) groups is 1. The van der Waals surface area contributed by atoms with Crippen molar-refractivity contribution in [3.05, 3.63) is 12.4 Å². The fourth-order valence-electron chi connectivity index (χ4n) is 2.18. The summed E-state index contributed by atoms with van der Waals surface area (Å²) in [5.41, 5.74) is 0. The molecule has 1 N–H and O–H groups in total. The number of aliphatic carboxylic acids is 1. The van der Waals surface area contributed by atoms with Crippen molar-refractivity contribution in [2.75, 3.05) is 13.1 Å². The smallest absolute Gasteiger partial charge is 0.325 e. The van der Waals surface area contributed by atoms with E-state index in [1.165, 1.54) is 16.7 Å². The fraction of sp³-hybridized carbons (Fsp3) is 0.636. The van der Waals surface area contributed by atoms with Crippen LogP contribution in [-0.4, -0.2) is 58.9 Å². The van der Waals surface area contributed by atoms with Gasteiger partial charge in [-0.3, -0.25) is 9.48 Å². The Morgan fingerprint density at radius 2 is 2.05 bits per heavy atom. The molecule has 112 valence electrons. The van der Waals surface area contributed by atoms with Crippen molar-refractivity contribution < 1.29 is 23.1 Å². The van der Waals surface area contributed by atoms with Gasteiger partial charge in [0.05, 0.1) is 18.4 Å². The quantitative estimate of drug-likeness (QED) is 0.824. The molecule has 1 aliphatic heterocycles. The predicted octanol–water partition coefficient (Wildman–Crippen LogP) is -0.234. The van der Waals surface area contributed by atoms with Crippen LogP contribution in [0.25, 0.3) is 0 Å². The van der Waals surface area contributed by atoms with Crippen LogP contribution in [0.3, 0.4) is 0 Å². The molecule has 1 aliphatic rings. The summed E-state index contributed by atoms with van der Waals surface area (Å²) < 4.78 is 32.8. The van der Waals surface area contributed by atoms with Crippen LogP contribution < -0.4 is 0 Å². The number of nitrogens with zero attached hydrogens (tertiary/aromatic N) is 3. The largest absolute Gasteiger partial charge is 0.480 e. The molecule has 1 aromatic rings. The zero-order valence-corrected chi connectivity index (χ0v) is 12.1. The number of carboxylic acids is 1. The van der Waals surface area contributed by atoms with E-state index < -0.39 is 16.0 Å². The first kappa shape index (κ1) is 14.9. The van der Waals surface area contributed by atoms with E-state index in [1.54, 1.807) is 0 Å². The molecule has 2 heterocycles. The first-order valence-electron chi connectivity index (χ1n) is 6.19. The molecule has 9 heteroatoms.